The number of hydrogen-bond acceptors (Lipinski definition) is 6. The molecule has 0 bridgehead atoms. The van der Waals surface area contributed by atoms with Crippen LogP contribution in [0.5, 0.6) is 0 Å². The Morgan fingerprint density at radius 1 is 0.328 bits per heavy atom. The third kappa shape index (κ3) is 51.4. The summed E-state index contributed by atoms with van der Waals surface area (Å²) in [6.07, 6.45) is 80.4. The summed E-state index contributed by atoms with van der Waals surface area (Å²) in [5, 5.41) is 0. The first-order valence-corrected chi connectivity index (χ1v) is 25.4. The summed E-state index contributed by atoms with van der Waals surface area (Å²) in [5.74, 6) is -1.20. The lowest BCUT2D eigenvalue weighted by molar-refractivity contribution is -0.166. The molecular formula is C61H88O6. The first-order valence-electron chi connectivity index (χ1n) is 25.4. The van der Waals surface area contributed by atoms with E-state index in [1.54, 1.807) is 0 Å². The minimum absolute atomic E-state index is 0.171. The molecule has 0 aliphatic rings. The van der Waals surface area contributed by atoms with Gasteiger partial charge in [0.1, 0.15) is 13.2 Å². The average molecular weight is 917 g/mol. The predicted molar refractivity (Wildman–Crippen MR) is 287 cm³/mol. The molecule has 0 fully saturated rings. The first kappa shape index (κ1) is 61.5. The van der Waals surface area contributed by atoms with Gasteiger partial charge in [0.2, 0.25) is 0 Å². The molecule has 0 N–H and O–H groups in total. The van der Waals surface area contributed by atoms with Crippen molar-refractivity contribution in [2.45, 2.75) is 168 Å². The summed E-state index contributed by atoms with van der Waals surface area (Å²) in [5.41, 5.74) is 0. The molecule has 6 nitrogen and oxygen atoms in total. The molecule has 0 saturated heterocycles. The number of esters is 3. The molecule has 0 aromatic heterocycles. The van der Waals surface area contributed by atoms with Crippen molar-refractivity contribution in [3.8, 4) is 0 Å². The summed E-state index contributed by atoms with van der Waals surface area (Å²) in [7, 11) is 0. The van der Waals surface area contributed by atoms with E-state index in [0.717, 1.165) is 77.0 Å². The molecule has 0 radical (unpaired) electrons. The van der Waals surface area contributed by atoms with E-state index in [4.69, 9.17) is 14.2 Å². The zero-order valence-corrected chi connectivity index (χ0v) is 41.8. The summed E-state index contributed by atoms with van der Waals surface area (Å²) in [4.78, 5) is 37.9. The van der Waals surface area contributed by atoms with Crippen LogP contribution in [0.2, 0.25) is 0 Å². The van der Waals surface area contributed by atoms with Crippen molar-refractivity contribution in [3.05, 3.63) is 182 Å². The van der Waals surface area contributed by atoms with Gasteiger partial charge >= 0.3 is 17.9 Å². The highest BCUT2D eigenvalue weighted by molar-refractivity contribution is 5.71. The fourth-order valence-corrected chi connectivity index (χ4v) is 5.78. The zero-order chi connectivity index (χ0) is 48.6. The predicted octanol–water partition coefficient (Wildman–Crippen LogP) is 17.0. The zero-order valence-electron chi connectivity index (χ0n) is 41.8. The number of carbonyl (C=O) groups is 3. The number of hydrogen-bond donors (Lipinski definition) is 0. The highest BCUT2D eigenvalue weighted by Gasteiger charge is 2.19. The average Bonchev–Trinajstić information content (AvgIpc) is 3.33. The standard InChI is InChI=1S/C61H88O6/c1-4-7-10-13-16-19-22-25-27-29-30-32-33-36-39-42-45-48-51-54-60(63)66-57-58(56-65-59(62)53-50-47-44-41-38-35-24-21-18-15-12-9-6-3)67-61(64)55-52-49-46-43-40-37-34-31-28-26-23-20-17-14-11-8-5-2/h7,9-10,12,15-21,24-28,30,32,34-39,41,43-46,48,58H,4-6,8,11,13-14,22-23,29,31,33,40,42,47,49-57H2,1-3H3/b10-7-,12-9-,18-15-,19-16-,20-17-,24-21-,27-25-,28-26-,32-30-,37-34-,38-35-,39-36-,44-41-,46-43-,48-45-. The van der Waals surface area contributed by atoms with E-state index in [1.165, 1.54) is 25.7 Å². The van der Waals surface area contributed by atoms with Crippen molar-refractivity contribution in [1.29, 1.82) is 0 Å². The summed E-state index contributed by atoms with van der Waals surface area (Å²) < 4.78 is 16.6. The smallest absolute Gasteiger partial charge is 0.306 e. The second-order valence-corrected chi connectivity index (χ2v) is 15.7. The van der Waals surface area contributed by atoms with Gasteiger partial charge in [-0.3, -0.25) is 14.4 Å². The van der Waals surface area contributed by atoms with E-state index in [1.807, 2.05) is 66.8 Å². The van der Waals surface area contributed by atoms with Gasteiger partial charge in [0.05, 0.1) is 0 Å². The maximum Gasteiger partial charge on any atom is 0.306 e. The van der Waals surface area contributed by atoms with Crippen LogP contribution in [-0.4, -0.2) is 37.2 Å². The van der Waals surface area contributed by atoms with Crippen LogP contribution >= 0.6 is 0 Å². The van der Waals surface area contributed by atoms with Crippen LogP contribution in [0.3, 0.4) is 0 Å². The number of allylic oxidation sites excluding steroid dienone is 30. The molecule has 6 heteroatoms. The number of unbranched alkanes of at least 4 members (excludes halogenated alkanes) is 5. The summed E-state index contributed by atoms with van der Waals surface area (Å²) in [6, 6.07) is 0. The van der Waals surface area contributed by atoms with E-state index in [2.05, 4.69) is 136 Å². The van der Waals surface area contributed by atoms with Gasteiger partial charge in [0.15, 0.2) is 6.10 Å². The number of ether oxygens (including phenoxy) is 3. The first-order chi connectivity index (χ1) is 33.0. The molecule has 0 heterocycles. The van der Waals surface area contributed by atoms with Crippen molar-refractivity contribution >= 4 is 17.9 Å². The Hall–Kier alpha value is -5.49. The van der Waals surface area contributed by atoms with Crippen LogP contribution in [0.1, 0.15) is 162 Å². The van der Waals surface area contributed by atoms with E-state index in [9.17, 15) is 14.4 Å². The summed E-state index contributed by atoms with van der Waals surface area (Å²) >= 11 is 0. The third-order valence-electron chi connectivity index (χ3n) is 9.52. The SMILES string of the molecule is CC\C=C/C=C\C=C/C=C\C=C/CCCC(=O)OCC(COC(=O)CC/C=C\C/C=C\C/C=C\C/C=C\C/C=C\C/C=C\CC)OC(=O)CCC/C=C\C/C=C\C/C=C\C/C=C\CCCCC. The van der Waals surface area contributed by atoms with E-state index in [0.29, 0.717) is 19.3 Å². The fraction of sp³-hybridized carbons (Fsp3) is 0.459. The molecule has 368 valence electrons. The van der Waals surface area contributed by atoms with Gasteiger partial charge in [0, 0.05) is 19.3 Å². The Morgan fingerprint density at radius 2 is 0.672 bits per heavy atom. The van der Waals surface area contributed by atoms with Crippen LogP contribution in [0.15, 0.2) is 182 Å². The second-order valence-electron chi connectivity index (χ2n) is 15.7. The van der Waals surface area contributed by atoms with Crippen LogP contribution in [0.4, 0.5) is 0 Å². The molecular weight excluding hydrogens is 829 g/mol. The molecule has 0 spiro atoms. The lowest BCUT2D eigenvalue weighted by Gasteiger charge is -2.18. The quantitative estimate of drug-likeness (QED) is 0.0200. The minimum atomic E-state index is -0.876. The molecule has 0 aromatic rings. The molecule has 0 saturated carbocycles. The molecule has 1 atom stereocenters. The van der Waals surface area contributed by atoms with Crippen molar-refractivity contribution < 1.29 is 28.6 Å². The Labute approximate surface area is 408 Å². The van der Waals surface area contributed by atoms with Crippen LogP contribution in [0, 0.1) is 0 Å². The maximum atomic E-state index is 12.8. The normalized spacial score (nSPS) is 13.7. The molecule has 0 rings (SSSR count). The molecule has 67 heavy (non-hydrogen) atoms. The molecule has 0 amide bonds. The van der Waals surface area contributed by atoms with Gasteiger partial charge in [-0.2, -0.15) is 0 Å². The molecule has 0 aliphatic heterocycles. The Bertz CT molecular complexity index is 1670. The van der Waals surface area contributed by atoms with E-state index < -0.39 is 18.0 Å². The fourth-order valence-electron chi connectivity index (χ4n) is 5.78. The third-order valence-corrected chi connectivity index (χ3v) is 9.52. The van der Waals surface area contributed by atoms with Gasteiger partial charge in [-0.1, -0.05) is 216 Å². The summed E-state index contributed by atoms with van der Waals surface area (Å²) in [6.45, 7) is 6.13. The van der Waals surface area contributed by atoms with Gasteiger partial charge in [-0.25, -0.2) is 0 Å². The lowest BCUT2D eigenvalue weighted by atomic mass is 10.2. The maximum absolute atomic E-state index is 12.8. The van der Waals surface area contributed by atoms with E-state index in [-0.39, 0.29) is 38.4 Å². The Kier molecular flexibility index (Phi) is 48.8. The van der Waals surface area contributed by atoms with Gasteiger partial charge in [0.25, 0.3) is 0 Å². The lowest BCUT2D eigenvalue weighted by Crippen LogP contribution is -2.30. The minimum Gasteiger partial charge on any atom is -0.462 e. The van der Waals surface area contributed by atoms with Crippen molar-refractivity contribution in [3.63, 3.8) is 0 Å². The van der Waals surface area contributed by atoms with Crippen molar-refractivity contribution in [2.24, 2.45) is 0 Å². The Balaban J connectivity index is 4.73. The van der Waals surface area contributed by atoms with Crippen LogP contribution in [-0.2, 0) is 28.6 Å². The van der Waals surface area contributed by atoms with E-state index >= 15 is 0 Å². The highest BCUT2D eigenvalue weighted by atomic mass is 16.6. The topological polar surface area (TPSA) is 78.9 Å². The van der Waals surface area contributed by atoms with Crippen molar-refractivity contribution in [1.82, 2.24) is 0 Å². The monoisotopic (exact) mass is 917 g/mol. The van der Waals surface area contributed by atoms with Gasteiger partial charge in [-0.05, 0) is 109 Å². The van der Waals surface area contributed by atoms with Gasteiger partial charge < -0.3 is 14.2 Å². The van der Waals surface area contributed by atoms with Gasteiger partial charge in [-0.15, -0.1) is 0 Å². The second kappa shape index (κ2) is 53.1. The largest absolute Gasteiger partial charge is 0.462 e. The highest BCUT2D eigenvalue weighted by Crippen LogP contribution is 2.08. The Morgan fingerprint density at radius 3 is 1.12 bits per heavy atom. The molecule has 0 aromatic carbocycles. The number of rotatable bonds is 42. The number of carbonyl (C=O) groups excluding carboxylic acids is 3. The molecule has 1 unspecified atom stereocenters. The van der Waals surface area contributed by atoms with Crippen LogP contribution < -0.4 is 0 Å². The van der Waals surface area contributed by atoms with Crippen molar-refractivity contribution in [2.75, 3.05) is 13.2 Å². The van der Waals surface area contributed by atoms with Crippen LogP contribution in [0.25, 0.3) is 0 Å². The molecule has 0 aliphatic carbocycles.